The van der Waals surface area contributed by atoms with Gasteiger partial charge in [-0.1, -0.05) is 39.0 Å². The summed E-state index contributed by atoms with van der Waals surface area (Å²) in [5.41, 5.74) is 4.53. The third-order valence-electron chi connectivity index (χ3n) is 9.61. The largest absolute Gasteiger partial charge is 0.457 e. The molecule has 6 rings (SSSR count). The predicted molar refractivity (Wildman–Crippen MR) is 130 cm³/mol. The Morgan fingerprint density at radius 3 is 2.48 bits per heavy atom. The highest BCUT2D eigenvalue weighted by atomic mass is 16.7. The van der Waals surface area contributed by atoms with Gasteiger partial charge >= 0.3 is 0 Å². The van der Waals surface area contributed by atoms with Crippen molar-refractivity contribution in [3.8, 4) is 11.5 Å². The third kappa shape index (κ3) is 3.22. The van der Waals surface area contributed by atoms with Crippen molar-refractivity contribution >= 4 is 0 Å². The van der Waals surface area contributed by atoms with E-state index in [4.69, 9.17) is 14.2 Å². The topological polar surface area (TPSA) is 27.7 Å². The molecule has 0 amide bonds. The molecule has 2 fully saturated rings. The normalized spacial score (nSPS) is 31.8. The van der Waals surface area contributed by atoms with Crippen LogP contribution < -0.4 is 4.74 Å². The lowest BCUT2D eigenvalue weighted by Crippen LogP contribution is -2.51. The van der Waals surface area contributed by atoms with Gasteiger partial charge in [0.1, 0.15) is 24.0 Å². The summed E-state index contributed by atoms with van der Waals surface area (Å²) in [7, 11) is 0. The number of aryl methyl sites for hydroxylation is 1. The van der Waals surface area contributed by atoms with Gasteiger partial charge in [-0.3, -0.25) is 0 Å². The fourth-order valence-electron chi connectivity index (χ4n) is 7.51. The van der Waals surface area contributed by atoms with E-state index in [1.807, 2.05) is 0 Å². The summed E-state index contributed by atoms with van der Waals surface area (Å²) in [6, 6.07) is 15.5. The molecule has 1 spiro atoms. The lowest BCUT2D eigenvalue weighted by atomic mass is 9.55. The minimum atomic E-state index is -0.412. The summed E-state index contributed by atoms with van der Waals surface area (Å²) in [5, 5.41) is 0. The number of hydrogen-bond acceptors (Lipinski definition) is 3. The van der Waals surface area contributed by atoms with Crippen LogP contribution in [0.15, 0.2) is 55.0 Å². The summed E-state index contributed by atoms with van der Waals surface area (Å²) < 4.78 is 18.5. The van der Waals surface area contributed by atoms with E-state index in [9.17, 15) is 0 Å². The number of hydrogen-bond donors (Lipinski definition) is 0. The van der Waals surface area contributed by atoms with Crippen LogP contribution in [0.2, 0.25) is 0 Å². The van der Waals surface area contributed by atoms with E-state index in [1.54, 1.807) is 18.1 Å². The van der Waals surface area contributed by atoms with E-state index in [0.29, 0.717) is 17.8 Å². The molecule has 3 aliphatic carbocycles. The van der Waals surface area contributed by atoms with E-state index in [1.165, 1.54) is 36.8 Å². The number of fused-ring (bicyclic) bond motifs is 6. The van der Waals surface area contributed by atoms with Gasteiger partial charge in [-0.15, -0.1) is 0 Å². The minimum absolute atomic E-state index is 0.111. The molecule has 3 heteroatoms. The first-order valence-electron chi connectivity index (χ1n) is 12.9. The molecule has 2 aromatic rings. The molecule has 0 unspecified atom stereocenters. The van der Waals surface area contributed by atoms with Gasteiger partial charge in [0, 0.05) is 11.8 Å². The van der Waals surface area contributed by atoms with Crippen molar-refractivity contribution in [2.24, 2.45) is 17.3 Å². The summed E-state index contributed by atoms with van der Waals surface area (Å²) in [6.45, 7) is 6.93. The molecule has 0 radical (unpaired) electrons. The highest BCUT2D eigenvalue weighted by molar-refractivity contribution is 5.43. The lowest BCUT2D eigenvalue weighted by Gasteiger charge is -2.52. The van der Waals surface area contributed by atoms with Crippen LogP contribution in [0.5, 0.6) is 11.5 Å². The zero-order chi connectivity index (χ0) is 22.6. The smallest absolute Gasteiger partial charge is 0.255 e. The second kappa shape index (κ2) is 7.82. The Bertz CT molecular complexity index is 1050. The Balaban J connectivity index is 1.20. The van der Waals surface area contributed by atoms with E-state index >= 15 is 0 Å². The van der Waals surface area contributed by atoms with Crippen LogP contribution in [0.3, 0.4) is 0 Å². The number of ether oxygens (including phenoxy) is 3. The maximum atomic E-state index is 6.26. The van der Waals surface area contributed by atoms with E-state index in [2.05, 4.69) is 63.2 Å². The first-order valence-corrected chi connectivity index (χ1v) is 12.9. The summed E-state index contributed by atoms with van der Waals surface area (Å²) in [4.78, 5) is 0. The predicted octanol–water partition coefficient (Wildman–Crippen LogP) is 8.06. The molecule has 33 heavy (non-hydrogen) atoms. The van der Waals surface area contributed by atoms with E-state index in [-0.39, 0.29) is 5.41 Å². The van der Waals surface area contributed by atoms with E-state index < -0.39 is 5.79 Å². The van der Waals surface area contributed by atoms with Gasteiger partial charge in [0.05, 0.1) is 0 Å². The molecule has 0 saturated heterocycles. The highest BCUT2D eigenvalue weighted by Gasteiger charge is 2.65. The number of rotatable bonds is 4. The molecular weight excluding hydrogens is 408 g/mol. The van der Waals surface area contributed by atoms with Crippen LogP contribution >= 0.6 is 0 Å². The monoisotopic (exact) mass is 444 g/mol. The zero-order valence-electron chi connectivity index (χ0n) is 20.2. The van der Waals surface area contributed by atoms with Crippen molar-refractivity contribution in [1.29, 1.82) is 0 Å². The van der Waals surface area contributed by atoms with Crippen molar-refractivity contribution in [1.82, 2.24) is 0 Å². The molecule has 0 bridgehead atoms. The van der Waals surface area contributed by atoms with Crippen molar-refractivity contribution < 1.29 is 14.2 Å². The molecule has 1 heterocycles. The van der Waals surface area contributed by atoms with Crippen molar-refractivity contribution in [2.75, 3.05) is 0 Å². The quantitative estimate of drug-likeness (QED) is 0.477. The Labute approximate surface area is 198 Å². The van der Waals surface area contributed by atoms with Gasteiger partial charge in [-0.2, -0.15) is 0 Å². The molecule has 2 aromatic carbocycles. The van der Waals surface area contributed by atoms with Gasteiger partial charge in [-0.05, 0) is 103 Å². The van der Waals surface area contributed by atoms with Gasteiger partial charge in [0.2, 0.25) is 0 Å². The second-order valence-corrected chi connectivity index (χ2v) is 11.0. The third-order valence-corrected chi connectivity index (χ3v) is 9.61. The Kier molecular flexibility index (Phi) is 5.01. The van der Waals surface area contributed by atoms with E-state index in [0.717, 1.165) is 36.7 Å². The fraction of sp³-hybridized carbons (Fsp3) is 0.533. The van der Waals surface area contributed by atoms with Crippen LogP contribution in [0, 0.1) is 17.3 Å². The summed E-state index contributed by atoms with van der Waals surface area (Å²) >= 11 is 0. The van der Waals surface area contributed by atoms with Gasteiger partial charge in [0.25, 0.3) is 5.79 Å². The minimum Gasteiger partial charge on any atom is -0.457 e. The highest BCUT2D eigenvalue weighted by Crippen LogP contribution is 2.66. The summed E-state index contributed by atoms with van der Waals surface area (Å²) in [6.07, 6.45) is 11.7. The summed E-state index contributed by atoms with van der Waals surface area (Å²) in [5.74, 6) is 4.11. The Morgan fingerprint density at radius 2 is 1.73 bits per heavy atom. The average molecular weight is 445 g/mol. The molecule has 2 saturated carbocycles. The average Bonchev–Trinajstić information content (AvgIpc) is 3.44. The number of benzene rings is 2. The SMILES string of the molecule is CC[C@@H](C)c1ccc(Oc2ccc3c(c2)CC[C@@H]2[C@@H]3CC[C@@]3(C)[C@H]2CCC32OC=CO2)cc1. The molecule has 174 valence electrons. The maximum absolute atomic E-state index is 6.26. The first kappa shape index (κ1) is 21.1. The molecule has 4 aliphatic rings. The lowest BCUT2D eigenvalue weighted by molar-refractivity contribution is -0.225. The first-order chi connectivity index (χ1) is 16.0. The standard InChI is InChI=1S/C30H36O3/c1-4-20(2)21-5-8-23(9-6-21)33-24-10-12-25-22(19-24)7-11-27-26(25)13-15-29(3)28(27)14-16-30(29)31-17-18-32-30/h5-6,8-10,12,17-20,26-28H,4,7,11,13-16H2,1-3H3/t20-,26-,27-,28+,29+/m1/s1. The van der Waals surface area contributed by atoms with Crippen LogP contribution in [0.4, 0.5) is 0 Å². The van der Waals surface area contributed by atoms with Crippen molar-refractivity contribution in [3.05, 3.63) is 71.7 Å². The van der Waals surface area contributed by atoms with Crippen LogP contribution in [0.25, 0.3) is 0 Å². The second-order valence-electron chi connectivity index (χ2n) is 11.0. The van der Waals surface area contributed by atoms with Crippen LogP contribution in [-0.4, -0.2) is 5.79 Å². The van der Waals surface area contributed by atoms with Gasteiger partial charge < -0.3 is 14.2 Å². The molecule has 3 nitrogen and oxygen atoms in total. The Hall–Kier alpha value is -2.42. The molecular formula is C30H36O3. The van der Waals surface area contributed by atoms with Crippen molar-refractivity contribution in [3.63, 3.8) is 0 Å². The van der Waals surface area contributed by atoms with Gasteiger partial charge in [-0.25, -0.2) is 0 Å². The molecule has 0 aromatic heterocycles. The van der Waals surface area contributed by atoms with Crippen molar-refractivity contribution in [2.45, 2.75) is 83.3 Å². The fourth-order valence-corrected chi connectivity index (χ4v) is 7.51. The van der Waals surface area contributed by atoms with Crippen LogP contribution in [0.1, 0.15) is 87.8 Å². The zero-order valence-corrected chi connectivity index (χ0v) is 20.2. The van der Waals surface area contributed by atoms with Gasteiger partial charge in [0.15, 0.2) is 0 Å². The molecule has 5 atom stereocenters. The van der Waals surface area contributed by atoms with Crippen LogP contribution in [-0.2, 0) is 15.9 Å². The maximum Gasteiger partial charge on any atom is 0.255 e. The Morgan fingerprint density at radius 1 is 0.970 bits per heavy atom. The molecule has 1 aliphatic heterocycles. The molecule has 0 N–H and O–H groups in total.